The molecule has 108 heavy (non-hydrogen) atoms. The van der Waals surface area contributed by atoms with Crippen LogP contribution in [0, 0.1) is 100 Å². The van der Waals surface area contributed by atoms with Gasteiger partial charge in [-0.25, -0.2) is 57.6 Å². The first-order valence-electron chi connectivity index (χ1n) is 38.2. The number of aryl methyl sites for hydroxylation is 16. The van der Waals surface area contributed by atoms with Crippen molar-refractivity contribution in [2.75, 3.05) is 0 Å². The van der Waals surface area contributed by atoms with E-state index < -0.39 is 28.5 Å². The van der Waals surface area contributed by atoms with Gasteiger partial charge < -0.3 is 40.2 Å². The van der Waals surface area contributed by atoms with Crippen LogP contribution in [0.25, 0.3) is 0 Å². The number of hydrogen-bond donors (Lipinski definition) is 0. The first-order valence-corrected chi connectivity index (χ1v) is 38.2. The van der Waals surface area contributed by atoms with Gasteiger partial charge in [-0.2, -0.15) is 0 Å². The molecule has 0 unspecified atom stereocenters. The molecule has 8 heterocycles. The fraction of sp³-hybridized carbons (Fsp3) is 0.476. The second-order valence-corrected chi connectivity index (χ2v) is 25.6. The summed E-state index contributed by atoms with van der Waals surface area (Å²) in [6, 6.07) is 33.8. The van der Waals surface area contributed by atoms with Crippen LogP contribution in [0.1, 0.15) is 203 Å². The quantitative estimate of drug-likeness (QED) is 0.0520. The van der Waals surface area contributed by atoms with Gasteiger partial charge in [0, 0.05) is 173 Å². The molecular weight excluding hydrogens is 1350 g/mol. The zero-order chi connectivity index (χ0) is 82.0. The van der Waals surface area contributed by atoms with E-state index in [0.717, 1.165) is 76.2 Å². The monoisotopic (exact) mass is 1480 g/mol. The molecule has 0 aromatic carbocycles. The molecule has 0 fully saturated rings. The summed E-state index contributed by atoms with van der Waals surface area (Å²) < 4.78 is 18.0. The molecular formula is C84H128B4N12O8. The lowest BCUT2D eigenvalue weighted by Crippen LogP contribution is -2.43. The van der Waals surface area contributed by atoms with E-state index in [-0.39, 0.29) is 0 Å². The molecule has 0 spiro atoms. The van der Waals surface area contributed by atoms with Crippen molar-refractivity contribution in [3.05, 3.63) is 241 Å². The molecule has 0 atom stereocenters. The predicted molar refractivity (Wildman–Crippen MR) is 416 cm³/mol. The van der Waals surface area contributed by atoms with Crippen LogP contribution in [0.2, 0.25) is 0 Å². The summed E-state index contributed by atoms with van der Waals surface area (Å²) in [6.07, 6.45) is 54.8. The first kappa shape index (κ1) is 105. The molecule has 8 aromatic heterocycles. The van der Waals surface area contributed by atoms with Crippen LogP contribution in [0.15, 0.2) is 196 Å². The van der Waals surface area contributed by atoms with Crippen molar-refractivity contribution in [2.24, 2.45) is 0 Å². The molecule has 8 rings (SSSR count). The number of nitrogens with zero attached hydrogens (tertiary/aromatic N) is 12. The summed E-state index contributed by atoms with van der Waals surface area (Å²) in [5, 5.41) is 101. The zero-order valence-corrected chi connectivity index (χ0v) is 68.4. The molecule has 24 heteroatoms. The van der Waals surface area contributed by atoms with Gasteiger partial charge in [0.15, 0.2) is 99.1 Å². The van der Waals surface area contributed by atoms with Gasteiger partial charge in [-0.15, -0.1) is 0 Å². The summed E-state index contributed by atoms with van der Waals surface area (Å²) in [4.78, 5) is 0. The number of unbranched alkanes of at least 4 members (excludes halogenated alkanes) is 8. The molecule has 0 radical (unpaired) electrons. The van der Waals surface area contributed by atoms with Crippen LogP contribution in [0.3, 0.4) is 0 Å². The zero-order valence-electron chi connectivity index (χ0n) is 68.4. The summed E-state index contributed by atoms with van der Waals surface area (Å²) >= 11 is 0. The maximum absolute atomic E-state index is 8.98. The van der Waals surface area contributed by atoms with Crippen molar-refractivity contribution in [3.63, 3.8) is 0 Å². The lowest BCUT2D eigenvalue weighted by atomic mass is 9.97. The molecule has 8 aromatic rings. The Morgan fingerprint density at radius 3 is 0.380 bits per heavy atom. The number of rotatable bonds is 24. The van der Waals surface area contributed by atoms with Crippen molar-refractivity contribution < 1.29 is 76.7 Å². The average Bonchev–Trinajstić information content (AvgIpc) is 1.03. The molecule has 584 valence electrons. The summed E-state index contributed by atoms with van der Waals surface area (Å²) in [5.74, 6) is 3.67. The van der Waals surface area contributed by atoms with Crippen molar-refractivity contribution in [1.82, 2.24) is 0 Å². The second-order valence-electron chi connectivity index (χ2n) is 25.6. The molecule has 0 amide bonds. The van der Waals surface area contributed by atoms with Crippen molar-refractivity contribution >= 4 is 28.5 Å². The van der Waals surface area contributed by atoms with Crippen molar-refractivity contribution in [2.45, 2.75) is 266 Å². The third kappa shape index (κ3) is 72.7. The minimum atomic E-state index is -2.31. The molecule has 0 aliphatic heterocycles. The van der Waals surface area contributed by atoms with Crippen LogP contribution in [0.4, 0.5) is 0 Å². The minimum absolute atomic E-state index is 0.917. The Morgan fingerprint density at radius 2 is 0.315 bits per heavy atom. The molecule has 20 nitrogen and oxygen atoms in total. The highest BCUT2D eigenvalue weighted by Crippen LogP contribution is 1.98. The number of aromatic nitrogens is 8. The Labute approximate surface area is 653 Å². The number of nitriles is 4. The van der Waals surface area contributed by atoms with Gasteiger partial charge in [-0.3, -0.25) is 0 Å². The SMILES string of the molecule is CCCC[n+]1cccc(C)c1.CCCC[n+]1cccc(C)c1.CCCC[n+]1cccc(C)c1.CCCC[n+]1cccc(C)c1.CCCC[n+]1cccc(C)c1.CCCC[n+]1cccc(C)c1.CCCC[n+]1cccc(C)c1.CCCC[n+]1cccc(C)c1.N#CB([O-])[O-].N#CB([O-])[O-].N#CB([O-])[O-].N#CB([O-])[O-]. The van der Waals surface area contributed by atoms with Crippen molar-refractivity contribution in [1.29, 1.82) is 21.0 Å². The van der Waals surface area contributed by atoms with Gasteiger partial charge >= 0.3 is 0 Å². The minimum Gasteiger partial charge on any atom is -0.881 e. The van der Waals surface area contributed by atoms with Crippen LogP contribution in [-0.4, -0.2) is 28.5 Å². The van der Waals surface area contributed by atoms with Gasteiger partial charge in [-0.05, 0) is 128 Å². The Hall–Kier alpha value is -8.90. The van der Waals surface area contributed by atoms with Crippen LogP contribution >= 0.6 is 0 Å². The highest BCUT2D eigenvalue weighted by atomic mass is 16.4. The third-order valence-corrected chi connectivity index (χ3v) is 14.6. The Morgan fingerprint density at radius 1 is 0.222 bits per heavy atom. The highest BCUT2D eigenvalue weighted by Gasteiger charge is 2.04. The predicted octanol–water partition coefficient (Wildman–Crippen LogP) is 5.69. The fourth-order valence-electron chi connectivity index (χ4n) is 9.06. The average molecular weight is 1480 g/mol. The normalized spacial score (nSPS) is 9.22. The standard InChI is InChI=1S/8C10H16N.4CBNO2/c8*1-3-4-7-11-8-5-6-10(2)9-11;4*3-1-2(4)5/h8*5-6,8-9H,3-4,7H2,1-2H3;;;;/q8*+1;4*-2. The Bertz CT molecular complexity index is 2960. The van der Waals surface area contributed by atoms with E-state index in [4.69, 9.17) is 61.2 Å². The largest absolute Gasteiger partial charge is 0.881 e. The highest BCUT2D eigenvalue weighted by molar-refractivity contribution is 6.47. The maximum Gasteiger partial charge on any atom is 0.171 e. The molecule has 0 aliphatic rings. The lowest BCUT2D eigenvalue weighted by Gasteiger charge is -2.12. The van der Waals surface area contributed by atoms with Crippen LogP contribution < -0.4 is 76.7 Å². The van der Waals surface area contributed by atoms with E-state index in [1.165, 1.54) is 147 Å². The topological polar surface area (TPSA) is 311 Å². The van der Waals surface area contributed by atoms with Gasteiger partial charge in [0.25, 0.3) is 0 Å². The molecule has 0 aliphatic carbocycles. The maximum atomic E-state index is 8.98. The summed E-state index contributed by atoms with van der Waals surface area (Å²) in [6.45, 7) is 44.0. The fourth-order valence-corrected chi connectivity index (χ4v) is 9.06. The van der Waals surface area contributed by atoms with Crippen LogP contribution in [0.5, 0.6) is 0 Å². The Kier molecular flexibility index (Phi) is 73.2. The lowest BCUT2D eigenvalue weighted by molar-refractivity contribution is -0.697. The summed E-state index contributed by atoms with van der Waals surface area (Å²) in [7, 11) is -9.24. The molecule has 0 saturated carbocycles. The summed E-state index contributed by atoms with van der Waals surface area (Å²) in [5.41, 5.74) is 10.7. The first-order chi connectivity index (χ1) is 51.7. The van der Waals surface area contributed by atoms with Crippen molar-refractivity contribution in [3.8, 4) is 23.9 Å². The van der Waals surface area contributed by atoms with E-state index in [2.05, 4.69) is 344 Å². The second kappa shape index (κ2) is 74.9. The number of hydrogen-bond acceptors (Lipinski definition) is 12. The number of pyridine rings is 8. The van der Waals surface area contributed by atoms with E-state index >= 15 is 0 Å². The van der Waals surface area contributed by atoms with Gasteiger partial charge in [0.1, 0.15) is 52.4 Å². The molecule has 0 saturated heterocycles. The van der Waals surface area contributed by atoms with Gasteiger partial charge in [0.2, 0.25) is 0 Å². The molecule has 0 N–H and O–H groups in total. The van der Waals surface area contributed by atoms with E-state index in [0.29, 0.717) is 0 Å². The van der Waals surface area contributed by atoms with Crippen LogP contribution in [-0.2, 0) is 52.4 Å². The Balaban J connectivity index is -0.000000553. The van der Waals surface area contributed by atoms with Gasteiger partial charge in [-0.1, -0.05) is 107 Å². The van der Waals surface area contributed by atoms with E-state index in [9.17, 15) is 0 Å². The van der Waals surface area contributed by atoms with E-state index in [1.54, 1.807) is 0 Å². The third-order valence-electron chi connectivity index (χ3n) is 14.6. The smallest absolute Gasteiger partial charge is 0.171 e. The molecule has 0 bridgehead atoms. The van der Waals surface area contributed by atoms with E-state index in [1.807, 2.05) is 0 Å². The van der Waals surface area contributed by atoms with Gasteiger partial charge in [0.05, 0.1) is 0 Å².